The van der Waals surface area contributed by atoms with Gasteiger partial charge in [0.1, 0.15) is 10.7 Å². The van der Waals surface area contributed by atoms with Crippen molar-refractivity contribution in [2.45, 2.75) is 27.2 Å². The number of carbonyl (C=O) groups excluding carboxylic acids is 1. The van der Waals surface area contributed by atoms with Crippen LogP contribution in [0.2, 0.25) is 0 Å². The Kier molecular flexibility index (Phi) is 5.72. The molecular weight excluding hydrogens is 325 g/mol. The third kappa shape index (κ3) is 4.61. The first-order valence-electron chi connectivity index (χ1n) is 7.88. The summed E-state index contributed by atoms with van der Waals surface area (Å²) < 4.78 is 13.0. The molecule has 0 aliphatic carbocycles. The van der Waals surface area contributed by atoms with Crippen LogP contribution < -0.4 is 5.73 Å². The zero-order valence-electron chi connectivity index (χ0n) is 14.6. The molecule has 0 unspecified atom stereocenters. The summed E-state index contributed by atoms with van der Waals surface area (Å²) in [5, 5.41) is 0.856. The molecule has 2 rings (SSSR count). The van der Waals surface area contributed by atoms with Gasteiger partial charge in [-0.25, -0.2) is 9.37 Å². The number of nitrogens with zero attached hydrogens (tertiary/aromatic N) is 2. The molecule has 0 spiro atoms. The van der Waals surface area contributed by atoms with E-state index in [2.05, 4.69) is 4.98 Å². The van der Waals surface area contributed by atoms with Gasteiger partial charge in [-0.1, -0.05) is 26.0 Å². The molecule has 1 amide bonds. The van der Waals surface area contributed by atoms with Crippen molar-refractivity contribution in [1.82, 2.24) is 9.88 Å². The fourth-order valence-electron chi connectivity index (χ4n) is 2.45. The van der Waals surface area contributed by atoms with Crippen LogP contribution in [-0.2, 0) is 6.42 Å². The van der Waals surface area contributed by atoms with Crippen LogP contribution in [0.25, 0.3) is 0 Å². The molecule has 4 nitrogen and oxygen atoms in total. The number of rotatable bonds is 6. The largest absolute Gasteiger partial charge is 0.340 e. The molecule has 0 aliphatic rings. The summed E-state index contributed by atoms with van der Waals surface area (Å²) in [6, 6.07) is 6.35. The minimum absolute atomic E-state index is 0.0307. The van der Waals surface area contributed by atoms with E-state index in [4.69, 9.17) is 5.73 Å². The first-order chi connectivity index (χ1) is 11.2. The van der Waals surface area contributed by atoms with E-state index >= 15 is 0 Å². The second-order valence-corrected chi connectivity index (χ2v) is 7.94. The topological polar surface area (TPSA) is 59.2 Å². The number of carbonyl (C=O) groups is 1. The van der Waals surface area contributed by atoms with Gasteiger partial charge in [-0.05, 0) is 36.6 Å². The molecule has 0 aliphatic heterocycles. The van der Waals surface area contributed by atoms with Crippen molar-refractivity contribution >= 4 is 17.2 Å². The zero-order valence-corrected chi connectivity index (χ0v) is 15.4. The third-order valence-electron chi connectivity index (χ3n) is 3.87. The van der Waals surface area contributed by atoms with Crippen molar-refractivity contribution in [2.24, 2.45) is 11.1 Å². The molecule has 2 aromatic rings. The average Bonchev–Trinajstić information content (AvgIpc) is 2.89. The Morgan fingerprint density at radius 1 is 1.33 bits per heavy atom. The van der Waals surface area contributed by atoms with Crippen LogP contribution in [0, 0.1) is 18.2 Å². The van der Waals surface area contributed by atoms with Crippen LogP contribution in [0.1, 0.15) is 39.8 Å². The Labute approximate surface area is 146 Å². The Hall–Kier alpha value is -1.79. The van der Waals surface area contributed by atoms with Gasteiger partial charge in [0.25, 0.3) is 5.91 Å². The number of hydrogen-bond acceptors (Lipinski definition) is 4. The Bertz CT molecular complexity index is 710. The Morgan fingerprint density at radius 2 is 1.96 bits per heavy atom. The molecule has 1 aromatic carbocycles. The first kappa shape index (κ1) is 18.5. The number of thiazole rings is 1. The van der Waals surface area contributed by atoms with Gasteiger partial charge >= 0.3 is 0 Å². The molecule has 1 heterocycles. The van der Waals surface area contributed by atoms with Gasteiger partial charge in [-0.2, -0.15) is 0 Å². The first-order valence-corrected chi connectivity index (χ1v) is 8.70. The van der Waals surface area contributed by atoms with Crippen molar-refractivity contribution in [3.05, 3.63) is 51.2 Å². The van der Waals surface area contributed by atoms with Gasteiger partial charge in [0.05, 0.1) is 10.7 Å². The molecule has 1 aromatic heterocycles. The Balaban J connectivity index is 2.12. The van der Waals surface area contributed by atoms with Crippen LogP contribution >= 0.6 is 11.3 Å². The number of aryl methyl sites for hydroxylation is 1. The quantitative estimate of drug-likeness (QED) is 0.871. The van der Waals surface area contributed by atoms with Crippen molar-refractivity contribution in [2.75, 3.05) is 20.1 Å². The van der Waals surface area contributed by atoms with Crippen LogP contribution in [0.15, 0.2) is 24.3 Å². The van der Waals surface area contributed by atoms with E-state index in [9.17, 15) is 9.18 Å². The molecule has 0 radical (unpaired) electrons. The maximum atomic E-state index is 13.0. The van der Waals surface area contributed by atoms with Crippen LogP contribution in [-0.4, -0.2) is 35.9 Å². The van der Waals surface area contributed by atoms with Gasteiger partial charge in [-0.3, -0.25) is 4.79 Å². The maximum Gasteiger partial charge on any atom is 0.265 e. The lowest BCUT2D eigenvalue weighted by Crippen LogP contribution is -2.39. The van der Waals surface area contributed by atoms with Gasteiger partial charge in [0.15, 0.2) is 0 Å². The molecule has 0 saturated carbocycles. The van der Waals surface area contributed by atoms with Gasteiger partial charge in [0.2, 0.25) is 0 Å². The smallest absolute Gasteiger partial charge is 0.265 e. The summed E-state index contributed by atoms with van der Waals surface area (Å²) in [6.07, 6.45) is 0.594. The molecule has 0 atom stereocenters. The molecule has 0 saturated heterocycles. The predicted octanol–water partition coefficient (Wildman–Crippen LogP) is 3.24. The molecule has 0 bridgehead atoms. The number of halogens is 1. The van der Waals surface area contributed by atoms with E-state index in [1.54, 1.807) is 24.1 Å². The molecular formula is C18H24FN3OS. The molecule has 24 heavy (non-hydrogen) atoms. The van der Waals surface area contributed by atoms with Crippen molar-refractivity contribution < 1.29 is 9.18 Å². The summed E-state index contributed by atoms with van der Waals surface area (Å²) in [7, 11) is 1.79. The molecule has 0 fully saturated rings. The summed E-state index contributed by atoms with van der Waals surface area (Å²) in [5.74, 6) is -0.286. The monoisotopic (exact) mass is 349 g/mol. The number of nitrogens with two attached hydrogens (primary N) is 1. The van der Waals surface area contributed by atoms with Gasteiger partial charge in [0, 0.05) is 20.0 Å². The van der Waals surface area contributed by atoms with Crippen molar-refractivity contribution in [3.8, 4) is 0 Å². The highest BCUT2D eigenvalue weighted by atomic mass is 32.1. The number of benzene rings is 1. The van der Waals surface area contributed by atoms with Crippen molar-refractivity contribution in [1.29, 1.82) is 0 Å². The van der Waals surface area contributed by atoms with E-state index in [1.165, 1.54) is 23.5 Å². The minimum Gasteiger partial charge on any atom is -0.340 e. The second-order valence-electron chi connectivity index (χ2n) is 6.85. The summed E-state index contributed by atoms with van der Waals surface area (Å²) in [4.78, 5) is 19.5. The van der Waals surface area contributed by atoms with E-state index in [-0.39, 0.29) is 17.1 Å². The van der Waals surface area contributed by atoms with Crippen LogP contribution in [0.3, 0.4) is 0 Å². The average molecular weight is 349 g/mol. The molecule has 130 valence electrons. The lowest BCUT2D eigenvalue weighted by atomic mass is 9.93. The van der Waals surface area contributed by atoms with E-state index in [0.717, 1.165) is 16.3 Å². The molecule has 6 heteroatoms. The predicted molar refractivity (Wildman–Crippen MR) is 95.9 cm³/mol. The molecule has 2 N–H and O–H groups in total. The van der Waals surface area contributed by atoms with Crippen molar-refractivity contribution in [3.63, 3.8) is 0 Å². The number of amides is 1. The summed E-state index contributed by atoms with van der Waals surface area (Å²) in [5.41, 5.74) is 7.33. The summed E-state index contributed by atoms with van der Waals surface area (Å²) in [6.45, 7) is 7.03. The highest BCUT2D eigenvalue weighted by Gasteiger charge is 2.24. The lowest BCUT2D eigenvalue weighted by molar-refractivity contribution is 0.0744. The second kappa shape index (κ2) is 7.40. The van der Waals surface area contributed by atoms with Gasteiger partial charge < -0.3 is 10.6 Å². The van der Waals surface area contributed by atoms with E-state index in [0.29, 0.717) is 24.4 Å². The minimum atomic E-state index is -0.255. The maximum absolute atomic E-state index is 13.0. The Morgan fingerprint density at radius 3 is 2.54 bits per heavy atom. The fraction of sp³-hybridized carbons (Fsp3) is 0.444. The standard InChI is InChI=1S/C18H24FN3OS/c1-12-16(17(23)22(4)11-18(2,3)10-20)24-15(21-12)9-13-5-7-14(19)8-6-13/h5-8H,9-11,20H2,1-4H3. The van der Waals surface area contributed by atoms with E-state index in [1.807, 2.05) is 20.8 Å². The lowest BCUT2D eigenvalue weighted by Gasteiger charge is -2.28. The third-order valence-corrected chi connectivity index (χ3v) is 5.01. The number of aromatic nitrogens is 1. The highest BCUT2D eigenvalue weighted by Crippen LogP contribution is 2.24. The zero-order chi connectivity index (χ0) is 17.9. The number of hydrogen-bond donors (Lipinski definition) is 1. The van der Waals surface area contributed by atoms with Gasteiger partial charge in [-0.15, -0.1) is 11.3 Å². The normalized spacial score (nSPS) is 11.6. The SMILES string of the molecule is Cc1nc(Cc2ccc(F)cc2)sc1C(=O)N(C)CC(C)(C)CN. The van der Waals surface area contributed by atoms with Crippen LogP contribution in [0.5, 0.6) is 0 Å². The van der Waals surface area contributed by atoms with E-state index < -0.39 is 0 Å². The highest BCUT2D eigenvalue weighted by molar-refractivity contribution is 7.13. The summed E-state index contributed by atoms with van der Waals surface area (Å²) >= 11 is 1.40. The fourth-order valence-corrected chi connectivity index (χ4v) is 3.55. The van der Waals surface area contributed by atoms with Crippen LogP contribution in [0.4, 0.5) is 4.39 Å².